The number of carboxylic acid groups (broad SMARTS) is 1. The highest BCUT2D eigenvalue weighted by atomic mass is 16.4. The summed E-state index contributed by atoms with van der Waals surface area (Å²) in [7, 11) is 0. The van der Waals surface area contributed by atoms with Gasteiger partial charge in [0.2, 0.25) is 5.91 Å². The van der Waals surface area contributed by atoms with E-state index in [0.29, 0.717) is 24.9 Å². The Morgan fingerprint density at radius 1 is 1.23 bits per heavy atom. The number of nitrogens with zero attached hydrogens (tertiary/aromatic N) is 1. The number of carbonyl (C=O) groups excluding carboxylic acids is 1. The minimum Gasteiger partial charge on any atom is -0.478 e. The molecule has 2 N–H and O–H groups in total. The molecule has 4 rings (SSSR count). The Kier molecular flexibility index (Phi) is 3.77. The van der Waals surface area contributed by atoms with Crippen LogP contribution in [0.25, 0.3) is 0 Å². The number of fused-ring (bicyclic) bond motifs is 1. The lowest BCUT2D eigenvalue weighted by molar-refractivity contribution is -0.129. The second-order valence-corrected chi connectivity index (χ2v) is 7.05. The molecular weight excluding hydrogens is 328 g/mol. The lowest BCUT2D eigenvalue weighted by Crippen LogP contribution is -2.41. The van der Waals surface area contributed by atoms with Crippen molar-refractivity contribution in [2.75, 3.05) is 6.54 Å². The third-order valence-electron chi connectivity index (χ3n) is 5.75. The van der Waals surface area contributed by atoms with Crippen molar-refractivity contribution < 1.29 is 14.7 Å². The molecule has 1 unspecified atom stereocenters. The number of amides is 1. The predicted molar refractivity (Wildman–Crippen MR) is 94.8 cm³/mol. The smallest absolute Gasteiger partial charge is 0.335 e. The van der Waals surface area contributed by atoms with Crippen LogP contribution in [0, 0.1) is 16.7 Å². The van der Waals surface area contributed by atoms with Gasteiger partial charge in [-0.3, -0.25) is 4.79 Å². The maximum Gasteiger partial charge on any atom is 0.335 e. The molecule has 2 aliphatic rings. The zero-order valence-electron chi connectivity index (χ0n) is 14.2. The number of rotatable bonds is 2. The fraction of sp³-hybridized carbons (Fsp3) is 0.286. The van der Waals surface area contributed by atoms with E-state index in [9.17, 15) is 20.0 Å². The first-order valence-electron chi connectivity index (χ1n) is 8.70. The summed E-state index contributed by atoms with van der Waals surface area (Å²) in [6, 6.07) is 14.7. The van der Waals surface area contributed by atoms with Gasteiger partial charge in [0.1, 0.15) is 0 Å². The Morgan fingerprint density at radius 2 is 2.08 bits per heavy atom. The molecule has 0 aromatic heterocycles. The van der Waals surface area contributed by atoms with Crippen LogP contribution >= 0.6 is 0 Å². The molecule has 1 saturated heterocycles. The monoisotopic (exact) mass is 346 g/mol. The molecule has 1 aliphatic heterocycles. The number of hydrogen-bond acceptors (Lipinski definition) is 3. The van der Waals surface area contributed by atoms with Gasteiger partial charge in [0.15, 0.2) is 0 Å². The molecular formula is C21H18N2O3. The van der Waals surface area contributed by atoms with E-state index in [0.717, 1.165) is 23.1 Å². The van der Waals surface area contributed by atoms with Crippen LogP contribution in [0.1, 0.15) is 51.4 Å². The normalized spacial score (nSPS) is 24.0. The van der Waals surface area contributed by atoms with Gasteiger partial charge in [-0.2, -0.15) is 5.26 Å². The summed E-state index contributed by atoms with van der Waals surface area (Å²) >= 11 is 0. The second kappa shape index (κ2) is 5.99. The van der Waals surface area contributed by atoms with Gasteiger partial charge in [0.05, 0.1) is 22.6 Å². The first-order chi connectivity index (χ1) is 12.5. The summed E-state index contributed by atoms with van der Waals surface area (Å²) in [5, 5.41) is 21.5. The third-order valence-corrected chi connectivity index (χ3v) is 5.75. The van der Waals surface area contributed by atoms with Crippen molar-refractivity contribution in [3.8, 4) is 6.07 Å². The maximum absolute atomic E-state index is 12.8. The van der Waals surface area contributed by atoms with Crippen LogP contribution in [-0.4, -0.2) is 23.5 Å². The van der Waals surface area contributed by atoms with Gasteiger partial charge in [0, 0.05) is 12.5 Å². The van der Waals surface area contributed by atoms with Crippen LogP contribution in [0.2, 0.25) is 0 Å². The molecule has 5 nitrogen and oxygen atoms in total. The van der Waals surface area contributed by atoms with E-state index in [1.807, 2.05) is 24.3 Å². The molecule has 0 radical (unpaired) electrons. The van der Waals surface area contributed by atoms with Gasteiger partial charge in [-0.1, -0.05) is 18.2 Å². The highest BCUT2D eigenvalue weighted by Gasteiger charge is 2.51. The van der Waals surface area contributed by atoms with E-state index in [1.165, 1.54) is 0 Å². The van der Waals surface area contributed by atoms with Crippen molar-refractivity contribution in [1.29, 1.82) is 5.26 Å². The highest BCUT2D eigenvalue weighted by Crippen LogP contribution is 2.53. The Bertz CT molecular complexity index is 960. The first-order valence-corrected chi connectivity index (χ1v) is 8.70. The van der Waals surface area contributed by atoms with Gasteiger partial charge < -0.3 is 10.4 Å². The molecule has 1 spiro atoms. The van der Waals surface area contributed by atoms with E-state index in [1.54, 1.807) is 18.2 Å². The van der Waals surface area contributed by atoms with Crippen LogP contribution in [-0.2, 0) is 11.2 Å². The van der Waals surface area contributed by atoms with Gasteiger partial charge in [-0.05, 0) is 60.2 Å². The van der Waals surface area contributed by atoms with Gasteiger partial charge in [-0.15, -0.1) is 0 Å². The average molecular weight is 346 g/mol. The van der Waals surface area contributed by atoms with Gasteiger partial charge >= 0.3 is 5.97 Å². The number of hydrogen-bond donors (Lipinski definition) is 2. The Balaban J connectivity index is 1.92. The number of carbonyl (C=O) groups is 2. The molecule has 2 atom stereocenters. The van der Waals surface area contributed by atoms with Crippen LogP contribution < -0.4 is 5.32 Å². The molecule has 1 heterocycles. The Hall–Kier alpha value is -3.13. The maximum atomic E-state index is 12.8. The predicted octanol–water partition coefficient (Wildman–Crippen LogP) is 2.84. The molecule has 1 amide bonds. The number of nitriles is 1. The molecule has 5 heteroatoms. The van der Waals surface area contributed by atoms with E-state index in [2.05, 4.69) is 11.4 Å². The van der Waals surface area contributed by atoms with Gasteiger partial charge in [0.25, 0.3) is 0 Å². The summed E-state index contributed by atoms with van der Waals surface area (Å²) in [5.41, 5.74) is 3.19. The summed E-state index contributed by atoms with van der Waals surface area (Å²) < 4.78 is 0. The van der Waals surface area contributed by atoms with Crippen molar-refractivity contribution in [2.45, 2.75) is 25.2 Å². The van der Waals surface area contributed by atoms with Crippen molar-refractivity contribution in [3.05, 3.63) is 70.3 Å². The van der Waals surface area contributed by atoms with Crippen LogP contribution in [0.15, 0.2) is 42.5 Å². The lowest BCUT2D eigenvalue weighted by atomic mass is 9.60. The lowest BCUT2D eigenvalue weighted by Gasteiger charge is -2.41. The third kappa shape index (κ3) is 2.38. The number of aromatic carboxylic acids is 1. The quantitative estimate of drug-likeness (QED) is 0.875. The van der Waals surface area contributed by atoms with Crippen molar-refractivity contribution in [1.82, 2.24) is 5.32 Å². The zero-order chi connectivity index (χ0) is 18.3. The minimum absolute atomic E-state index is 0.0535. The first kappa shape index (κ1) is 16.3. The fourth-order valence-electron chi connectivity index (χ4n) is 4.53. The molecule has 0 bridgehead atoms. The summed E-state index contributed by atoms with van der Waals surface area (Å²) in [6.45, 7) is 0.649. The SMILES string of the molecule is N#Cc1cccc(C2c3ccc(C(=O)O)cc3CC[C@@]23CCNC3=O)c1. The highest BCUT2D eigenvalue weighted by molar-refractivity contribution is 5.89. The molecule has 0 saturated carbocycles. The zero-order valence-corrected chi connectivity index (χ0v) is 14.2. The molecule has 2 aromatic rings. The molecule has 1 aliphatic carbocycles. The van der Waals surface area contributed by atoms with E-state index >= 15 is 0 Å². The second-order valence-electron chi connectivity index (χ2n) is 7.05. The van der Waals surface area contributed by atoms with Crippen LogP contribution in [0.4, 0.5) is 0 Å². The standard InChI is InChI=1S/C21H18N2O3/c22-12-13-2-1-3-15(10-13)18-17-5-4-16(19(24)25)11-14(17)6-7-21(18)8-9-23-20(21)26/h1-5,10-11,18H,6-9H2,(H,23,26)(H,24,25)/t18?,21-/m1/s1. The minimum atomic E-state index is -0.949. The average Bonchev–Trinajstić information content (AvgIpc) is 3.02. The number of nitrogens with one attached hydrogen (secondary N) is 1. The number of carboxylic acids is 1. The van der Waals surface area contributed by atoms with Crippen LogP contribution in [0.5, 0.6) is 0 Å². The van der Waals surface area contributed by atoms with E-state index in [4.69, 9.17) is 0 Å². The molecule has 1 fully saturated rings. The Morgan fingerprint density at radius 3 is 2.77 bits per heavy atom. The van der Waals surface area contributed by atoms with Crippen molar-refractivity contribution >= 4 is 11.9 Å². The fourth-order valence-corrected chi connectivity index (χ4v) is 4.53. The topological polar surface area (TPSA) is 90.2 Å². The van der Waals surface area contributed by atoms with E-state index < -0.39 is 11.4 Å². The summed E-state index contributed by atoms with van der Waals surface area (Å²) in [6.07, 6.45) is 2.10. The molecule has 130 valence electrons. The van der Waals surface area contributed by atoms with Crippen LogP contribution in [0.3, 0.4) is 0 Å². The summed E-state index contributed by atoms with van der Waals surface area (Å²) in [4.78, 5) is 24.1. The largest absolute Gasteiger partial charge is 0.478 e. The van der Waals surface area contributed by atoms with E-state index in [-0.39, 0.29) is 17.4 Å². The van der Waals surface area contributed by atoms with Gasteiger partial charge in [-0.25, -0.2) is 4.79 Å². The number of aryl methyl sites for hydroxylation is 1. The molecule has 2 aromatic carbocycles. The number of benzene rings is 2. The van der Waals surface area contributed by atoms with Crippen molar-refractivity contribution in [3.63, 3.8) is 0 Å². The Labute approximate surface area is 151 Å². The molecule has 26 heavy (non-hydrogen) atoms. The van der Waals surface area contributed by atoms with Crippen molar-refractivity contribution in [2.24, 2.45) is 5.41 Å². The summed E-state index contributed by atoms with van der Waals surface area (Å²) in [5.74, 6) is -1.07.